The Kier molecular flexibility index (Phi) is 14.8. The van der Waals surface area contributed by atoms with E-state index in [-0.39, 0.29) is 36.9 Å². The van der Waals surface area contributed by atoms with E-state index in [1.165, 1.54) is 6.07 Å². The third kappa shape index (κ3) is 13.2. The van der Waals surface area contributed by atoms with Crippen molar-refractivity contribution < 1.29 is 42.9 Å². The molecule has 0 unspecified atom stereocenters. The molecule has 0 spiro atoms. The van der Waals surface area contributed by atoms with Crippen LogP contribution in [0.3, 0.4) is 0 Å². The Morgan fingerprint density at radius 1 is 0.786 bits per heavy atom. The van der Waals surface area contributed by atoms with E-state index in [9.17, 15) is 19.2 Å². The lowest BCUT2D eigenvalue weighted by molar-refractivity contribution is -0.156. The maximum absolute atomic E-state index is 12.7. The summed E-state index contributed by atoms with van der Waals surface area (Å²) >= 11 is 0. The van der Waals surface area contributed by atoms with Gasteiger partial charge in [0.1, 0.15) is 24.4 Å². The van der Waals surface area contributed by atoms with Gasteiger partial charge in [0.25, 0.3) is 0 Å². The lowest BCUT2D eigenvalue weighted by Gasteiger charge is -2.25. The highest BCUT2D eigenvalue weighted by molar-refractivity contribution is 5.77. The van der Waals surface area contributed by atoms with Crippen LogP contribution in [0.2, 0.25) is 0 Å². The van der Waals surface area contributed by atoms with Crippen LogP contribution in [0.1, 0.15) is 105 Å². The first-order valence-electron chi connectivity index (χ1n) is 15.2. The van der Waals surface area contributed by atoms with Crippen molar-refractivity contribution in [1.29, 1.82) is 0 Å². The zero-order chi connectivity index (χ0) is 31.2. The Morgan fingerprint density at radius 3 is 1.90 bits per heavy atom. The number of hydrogen-bond donors (Lipinski definition) is 1. The summed E-state index contributed by atoms with van der Waals surface area (Å²) in [4.78, 5) is 49.7. The Labute approximate surface area is 249 Å². The lowest BCUT2D eigenvalue weighted by Crippen LogP contribution is -2.39. The summed E-state index contributed by atoms with van der Waals surface area (Å²) in [6, 6.07) is 3.68. The predicted octanol–water partition coefficient (Wildman–Crippen LogP) is 6.05. The maximum atomic E-state index is 12.7. The van der Waals surface area contributed by atoms with Crippen molar-refractivity contribution >= 4 is 24.1 Å². The van der Waals surface area contributed by atoms with Crippen molar-refractivity contribution in [2.75, 3.05) is 0 Å². The summed E-state index contributed by atoms with van der Waals surface area (Å²) in [5.74, 6) is -0.689. The normalized spacial score (nSPS) is 15.9. The Bertz CT molecular complexity index is 1030. The van der Waals surface area contributed by atoms with Crippen molar-refractivity contribution in [3.8, 4) is 11.5 Å². The number of ether oxygens (including phenoxy) is 5. The summed E-state index contributed by atoms with van der Waals surface area (Å²) in [6.45, 7) is 11.3. The molecule has 3 atom stereocenters. The van der Waals surface area contributed by atoms with E-state index >= 15 is 0 Å². The monoisotopic (exact) mass is 591 g/mol. The SMILES string of the molecule is CC(C)CCC(=O)Oc1ccc(C[C@H](N)C(=O)O[C@@H](C)[C@H](C)OC(=O)OC2CCCCC2)cc1OC(=O)CCC(C)C. The zero-order valence-corrected chi connectivity index (χ0v) is 26.0. The fourth-order valence-electron chi connectivity index (χ4n) is 4.30. The van der Waals surface area contributed by atoms with Gasteiger partial charge >= 0.3 is 24.1 Å². The molecular weight excluding hydrogens is 542 g/mol. The van der Waals surface area contributed by atoms with Crippen LogP contribution >= 0.6 is 0 Å². The van der Waals surface area contributed by atoms with Gasteiger partial charge in [-0.3, -0.25) is 14.4 Å². The van der Waals surface area contributed by atoms with Crippen LogP contribution in [0.4, 0.5) is 4.79 Å². The first kappa shape index (κ1) is 35.1. The smallest absolute Gasteiger partial charge is 0.458 e. The van der Waals surface area contributed by atoms with Gasteiger partial charge in [-0.1, -0.05) is 40.2 Å². The van der Waals surface area contributed by atoms with Crippen LogP contribution in [0.15, 0.2) is 18.2 Å². The third-order valence-electron chi connectivity index (χ3n) is 7.13. The molecule has 1 aliphatic carbocycles. The summed E-state index contributed by atoms with van der Waals surface area (Å²) in [5, 5.41) is 0. The Balaban J connectivity index is 1.99. The van der Waals surface area contributed by atoms with E-state index in [1.54, 1.807) is 26.0 Å². The fraction of sp³-hybridized carbons (Fsp3) is 0.688. The molecule has 1 aromatic rings. The molecule has 2 N–H and O–H groups in total. The van der Waals surface area contributed by atoms with E-state index in [2.05, 4.69) is 0 Å². The zero-order valence-electron chi connectivity index (χ0n) is 26.0. The number of hydrogen-bond acceptors (Lipinski definition) is 10. The summed E-state index contributed by atoms with van der Waals surface area (Å²) in [6.07, 6.45) is 4.25. The van der Waals surface area contributed by atoms with E-state index < -0.39 is 42.3 Å². The highest BCUT2D eigenvalue weighted by Crippen LogP contribution is 2.30. The average molecular weight is 592 g/mol. The molecule has 0 bridgehead atoms. The van der Waals surface area contributed by atoms with E-state index in [1.807, 2.05) is 27.7 Å². The third-order valence-corrected chi connectivity index (χ3v) is 7.13. The maximum Gasteiger partial charge on any atom is 0.508 e. The standard InChI is InChI=1S/C32H49NO9/c1-20(2)12-16-29(34)41-27-15-14-24(19-28(27)42-30(35)17-13-21(3)4)18-26(33)31(36)38-22(5)23(6)39-32(37)40-25-10-8-7-9-11-25/h14-15,19-23,25-26H,7-13,16-18,33H2,1-6H3/t22-,23-,26-/m0/s1. The summed E-state index contributed by atoms with van der Waals surface area (Å²) in [5.41, 5.74) is 6.73. The van der Waals surface area contributed by atoms with E-state index in [0.717, 1.165) is 32.1 Å². The summed E-state index contributed by atoms with van der Waals surface area (Å²) < 4.78 is 27.2. The topological polar surface area (TPSA) is 140 Å². The number of rotatable bonds is 15. The minimum atomic E-state index is -1.04. The number of nitrogens with two attached hydrogens (primary N) is 1. The first-order valence-corrected chi connectivity index (χ1v) is 15.2. The second kappa shape index (κ2) is 17.7. The second-order valence-electron chi connectivity index (χ2n) is 12.0. The van der Waals surface area contributed by atoms with Crippen molar-refractivity contribution in [3.05, 3.63) is 23.8 Å². The number of carbonyl (C=O) groups is 4. The molecule has 1 aromatic carbocycles. The van der Waals surface area contributed by atoms with Gasteiger partial charge in [-0.15, -0.1) is 0 Å². The Hall–Kier alpha value is -3.14. The molecular formula is C32H49NO9. The van der Waals surface area contributed by atoms with Crippen molar-refractivity contribution in [3.63, 3.8) is 0 Å². The van der Waals surface area contributed by atoms with Gasteiger partial charge in [0.15, 0.2) is 11.5 Å². The molecule has 236 valence electrons. The van der Waals surface area contributed by atoms with Crippen LogP contribution in [0, 0.1) is 11.8 Å². The van der Waals surface area contributed by atoms with Gasteiger partial charge in [-0.25, -0.2) is 4.79 Å². The van der Waals surface area contributed by atoms with Gasteiger partial charge in [0.2, 0.25) is 0 Å². The first-order chi connectivity index (χ1) is 19.8. The predicted molar refractivity (Wildman–Crippen MR) is 157 cm³/mol. The van der Waals surface area contributed by atoms with Crippen LogP contribution in [0.5, 0.6) is 11.5 Å². The quantitative estimate of drug-likeness (QED) is 0.189. The fourth-order valence-corrected chi connectivity index (χ4v) is 4.30. The van der Waals surface area contributed by atoms with Crippen molar-refractivity contribution in [2.24, 2.45) is 17.6 Å². The highest BCUT2D eigenvalue weighted by Gasteiger charge is 2.27. The number of esters is 3. The van der Waals surface area contributed by atoms with Crippen LogP contribution < -0.4 is 15.2 Å². The molecule has 0 aromatic heterocycles. The molecule has 0 saturated heterocycles. The van der Waals surface area contributed by atoms with E-state index in [0.29, 0.717) is 30.2 Å². The molecule has 42 heavy (non-hydrogen) atoms. The van der Waals surface area contributed by atoms with Crippen molar-refractivity contribution in [1.82, 2.24) is 0 Å². The van der Waals surface area contributed by atoms with Gasteiger partial charge in [0.05, 0.1) is 0 Å². The molecule has 1 saturated carbocycles. The average Bonchev–Trinajstić information content (AvgIpc) is 2.92. The molecule has 0 radical (unpaired) electrons. The molecule has 0 aliphatic heterocycles. The number of carbonyl (C=O) groups excluding carboxylic acids is 4. The van der Waals surface area contributed by atoms with Crippen LogP contribution in [0.25, 0.3) is 0 Å². The number of benzene rings is 1. The molecule has 10 heteroatoms. The minimum absolute atomic E-state index is 0.0721. The molecule has 0 amide bonds. The molecule has 0 heterocycles. The van der Waals surface area contributed by atoms with E-state index in [4.69, 9.17) is 29.4 Å². The Morgan fingerprint density at radius 2 is 1.33 bits per heavy atom. The largest absolute Gasteiger partial charge is 0.508 e. The second-order valence-corrected chi connectivity index (χ2v) is 12.0. The minimum Gasteiger partial charge on any atom is -0.458 e. The van der Waals surface area contributed by atoms with Gasteiger partial charge in [0, 0.05) is 12.8 Å². The lowest BCUT2D eigenvalue weighted by atomic mass is 9.98. The highest BCUT2D eigenvalue weighted by atomic mass is 16.7. The molecule has 1 aliphatic rings. The molecule has 2 rings (SSSR count). The van der Waals surface area contributed by atoms with Gasteiger partial charge in [-0.05, 0) is 88.3 Å². The van der Waals surface area contributed by atoms with Crippen LogP contribution in [-0.4, -0.2) is 48.4 Å². The van der Waals surface area contributed by atoms with Gasteiger partial charge in [-0.2, -0.15) is 0 Å². The van der Waals surface area contributed by atoms with Crippen LogP contribution in [-0.2, 0) is 35.0 Å². The van der Waals surface area contributed by atoms with Gasteiger partial charge < -0.3 is 29.4 Å². The summed E-state index contributed by atoms with van der Waals surface area (Å²) in [7, 11) is 0. The van der Waals surface area contributed by atoms with Crippen molar-refractivity contribution in [2.45, 2.75) is 130 Å². The molecule has 10 nitrogen and oxygen atoms in total. The molecule has 1 fully saturated rings.